The van der Waals surface area contributed by atoms with Crippen molar-refractivity contribution in [3.63, 3.8) is 0 Å². The van der Waals surface area contributed by atoms with E-state index in [2.05, 4.69) is 6.58 Å². The molecule has 1 unspecified atom stereocenters. The fourth-order valence-corrected chi connectivity index (χ4v) is 1.34. The van der Waals surface area contributed by atoms with Crippen LogP contribution in [0.1, 0.15) is 5.56 Å². The first kappa shape index (κ1) is 9.24. The van der Waals surface area contributed by atoms with Gasteiger partial charge in [0, 0.05) is 5.56 Å². The van der Waals surface area contributed by atoms with Crippen LogP contribution in [0, 0.1) is 0 Å². The van der Waals surface area contributed by atoms with Crippen LogP contribution in [0.15, 0.2) is 36.9 Å². The molecule has 74 valence electrons. The maximum atomic E-state index is 9.30. The average molecular weight is 192 g/mol. The minimum atomic E-state index is -0.646. The highest BCUT2D eigenvalue weighted by Gasteiger charge is 2.48. The molecule has 1 fully saturated rings. The summed E-state index contributed by atoms with van der Waals surface area (Å²) in [6.45, 7) is 4.54. The van der Waals surface area contributed by atoms with Crippen LogP contribution >= 0.6 is 0 Å². The Hall–Kier alpha value is -1.32. The Morgan fingerprint density at radius 1 is 1.64 bits per heavy atom. The van der Waals surface area contributed by atoms with E-state index >= 15 is 0 Å². The number of hydrogen-bond donors (Lipinski definition) is 1. The van der Waals surface area contributed by atoms with Gasteiger partial charge in [-0.1, -0.05) is 18.2 Å². The van der Waals surface area contributed by atoms with Gasteiger partial charge in [0.25, 0.3) is 0 Å². The lowest BCUT2D eigenvalue weighted by Gasteiger charge is -2.12. The molecule has 1 saturated heterocycles. The summed E-state index contributed by atoms with van der Waals surface area (Å²) in [6, 6.07) is 6.91. The van der Waals surface area contributed by atoms with Crippen LogP contribution in [-0.4, -0.2) is 18.3 Å². The Bertz CT molecular complexity index is 342. The van der Waals surface area contributed by atoms with E-state index < -0.39 is 5.79 Å². The van der Waals surface area contributed by atoms with Crippen molar-refractivity contribution in [1.29, 1.82) is 0 Å². The van der Waals surface area contributed by atoms with E-state index in [-0.39, 0.29) is 5.75 Å². The van der Waals surface area contributed by atoms with Crippen LogP contribution in [-0.2, 0) is 15.3 Å². The van der Waals surface area contributed by atoms with Crippen LogP contribution in [0.25, 0.3) is 0 Å². The minimum absolute atomic E-state index is 0.222. The van der Waals surface area contributed by atoms with Gasteiger partial charge in [-0.15, -0.1) is 6.58 Å². The molecule has 0 saturated carbocycles. The Kier molecular flexibility index (Phi) is 2.27. The third-order valence-corrected chi connectivity index (χ3v) is 2.13. The first-order valence-corrected chi connectivity index (χ1v) is 4.45. The molecule has 2 rings (SSSR count). The number of hydrogen-bond acceptors (Lipinski definition) is 3. The molecule has 1 aliphatic heterocycles. The van der Waals surface area contributed by atoms with Crippen LogP contribution < -0.4 is 0 Å². The summed E-state index contributed by atoms with van der Waals surface area (Å²) < 4.78 is 10.7. The van der Waals surface area contributed by atoms with Crippen molar-refractivity contribution in [2.24, 2.45) is 0 Å². The highest BCUT2D eigenvalue weighted by atomic mass is 16.8. The van der Waals surface area contributed by atoms with Crippen LogP contribution in [0.5, 0.6) is 5.75 Å². The Morgan fingerprint density at radius 3 is 3.00 bits per heavy atom. The Balaban J connectivity index is 2.17. The molecule has 0 spiro atoms. The standard InChI is InChI=1S/C11H12O3/c1-2-6-13-11(8-14-11)9-4-3-5-10(12)7-9/h2-5,7,12H,1,6,8H2. The summed E-state index contributed by atoms with van der Waals surface area (Å²) in [7, 11) is 0. The summed E-state index contributed by atoms with van der Waals surface area (Å²) >= 11 is 0. The molecular formula is C11H12O3. The maximum absolute atomic E-state index is 9.30. The fraction of sp³-hybridized carbons (Fsp3) is 0.273. The third kappa shape index (κ3) is 1.64. The second-order valence-electron chi connectivity index (χ2n) is 3.19. The number of benzene rings is 1. The molecule has 1 aliphatic rings. The van der Waals surface area contributed by atoms with E-state index in [0.29, 0.717) is 13.2 Å². The lowest BCUT2D eigenvalue weighted by atomic mass is 10.1. The maximum Gasteiger partial charge on any atom is 0.219 e. The molecule has 1 atom stereocenters. The lowest BCUT2D eigenvalue weighted by Crippen LogP contribution is -2.13. The Morgan fingerprint density at radius 2 is 2.43 bits per heavy atom. The smallest absolute Gasteiger partial charge is 0.219 e. The van der Waals surface area contributed by atoms with E-state index in [9.17, 15) is 5.11 Å². The zero-order chi connectivity index (χ0) is 10.0. The van der Waals surface area contributed by atoms with Gasteiger partial charge in [-0.3, -0.25) is 0 Å². The molecule has 0 aromatic heterocycles. The topological polar surface area (TPSA) is 42.0 Å². The zero-order valence-electron chi connectivity index (χ0n) is 7.77. The SMILES string of the molecule is C=CCOC1(c2cccc(O)c2)CO1. The summed E-state index contributed by atoms with van der Waals surface area (Å²) in [5.41, 5.74) is 0.847. The Labute approximate surface area is 82.6 Å². The molecule has 0 radical (unpaired) electrons. The second-order valence-corrected chi connectivity index (χ2v) is 3.19. The number of ether oxygens (including phenoxy) is 2. The van der Waals surface area contributed by atoms with Gasteiger partial charge in [-0.05, 0) is 12.1 Å². The van der Waals surface area contributed by atoms with E-state index in [1.807, 2.05) is 6.07 Å². The van der Waals surface area contributed by atoms with Gasteiger partial charge in [-0.2, -0.15) is 0 Å². The van der Waals surface area contributed by atoms with E-state index in [4.69, 9.17) is 9.47 Å². The number of epoxide rings is 1. The molecule has 3 heteroatoms. The highest BCUT2D eigenvalue weighted by molar-refractivity contribution is 5.32. The van der Waals surface area contributed by atoms with Crippen molar-refractivity contribution in [1.82, 2.24) is 0 Å². The fourth-order valence-electron chi connectivity index (χ4n) is 1.34. The minimum Gasteiger partial charge on any atom is -0.508 e. The molecule has 0 bridgehead atoms. The molecule has 0 aliphatic carbocycles. The van der Waals surface area contributed by atoms with Crippen molar-refractivity contribution in [2.45, 2.75) is 5.79 Å². The lowest BCUT2D eigenvalue weighted by molar-refractivity contribution is -0.0339. The van der Waals surface area contributed by atoms with E-state index in [1.165, 1.54) is 0 Å². The molecule has 3 nitrogen and oxygen atoms in total. The number of aromatic hydroxyl groups is 1. The molecule has 1 aromatic rings. The molecule has 1 aromatic carbocycles. The monoisotopic (exact) mass is 192 g/mol. The molecular weight excluding hydrogens is 180 g/mol. The highest BCUT2D eigenvalue weighted by Crippen LogP contribution is 2.40. The molecule has 0 amide bonds. The van der Waals surface area contributed by atoms with E-state index in [0.717, 1.165) is 5.56 Å². The summed E-state index contributed by atoms with van der Waals surface area (Å²) in [6.07, 6.45) is 1.67. The van der Waals surface area contributed by atoms with Crippen molar-refractivity contribution in [3.05, 3.63) is 42.5 Å². The van der Waals surface area contributed by atoms with Crippen LogP contribution in [0.3, 0.4) is 0 Å². The predicted molar refractivity (Wildman–Crippen MR) is 51.9 cm³/mol. The first-order chi connectivity index (χ1) is 6.77. The zero-order valence-corrected chi connectivity index (χ0v) is 7.77. The summed E-state index contributed by atoms with van der Waals surface area (Å²) in [4.78, 5) is 0. The molecule has 14 heavy (non-hydrogen) atoms. The molecule has 1 heterocycles. The van der Waals surface area contributed by atoms with Gasteiger partial charge in [0.1, 0.15) is 12.4 Å². The number of phenolic OH excluding ortho intramolecular Hbond substituents is 1. The van der Waals surface area contributed by atoms with Gasteiger partial charge in [0.05, 0.1) is 6.61 Å². The number of phenols is 1. The third-order valence-electron chi connectivity index (χ3n) is 2.13. The van der Waals surface area contributed by atoms with Crippen molar-refractivity contribution in [2.75, 3.05) is 13.2 Å². The largest absolute Gasteiger partial charge is 0.508 e. The van der Waals surface area contributed by atoms with Crippen LogP contribution in [0.2, 0.25) is 0 Å². The van der Waals surface area contributed by atoms with Crippen molar-refractivity contribution < 1.29 is 14.6 Å². The normalized spacial score (nSPS) is 24.6. The summed E-state index contributed by atoms with van der Waals surface area (Å²) in [5.74, 6) is -0.424. The van der Waals surface area contributed by atoms with E-state index in [1.54, 1.807) is 24.3 Å². The van der Waals surface area contributed by atoms with Gasteiger partial charge < -0.3 is 14.6 Å². The van der Waals surface area contributed by atoms with Crippen LogP contribution in [0.4, 0.5) is 0 Å². The predicted octanol–water partition coefficient (Wildman–Crippen LogP) is 1.78. The first-order valence-electron chi connectivity index (χ1n) is 4.45. The average Bonchev–Trinajstić information content (AvgIpc) is 2.96. The van der Waals surface area contributed by atoms with Gasteiger partial charge >= 0.3 is 0 Å². The van der Waals surface area contributed by atoms with Gasteiger partial charge in [-0.25, -0.2) is 0 Å². The van der Waals surface area contributed by atoms with Gasteiger partial charge in [0.2, 0.25) is 5.79 Å². The van der Waals surface area contributed by atoms with Crippen molar-refractivity contribution in [3.8, 4) is 5.75 Å². The summed E-state index contributed by atoms with van der Waals surface area (Å²) in [5, 5.41) is 9.30. The quantitative estimate of drug-likeness (QED) is 0.584. The second kappa shape index (κ2) is 3.44. The molecule has 1 N–H and O–H groups in total. The van der Waals surface area contributed by atoms with Gasteiger partial charge in [0.15, 0.2) is 0 Å². The number of rotatable bonds is 4. The van der Waals surface area contributed by atoms with Crippen molar-refractivity contribution >= 4 is 0 Å².